The van der Waals surface area contributed by atoms with Crippen LogP contribution in [0.5, 0.6) is 0 Å². The van der Waals surface area contributed by atoms with Crippen LogP contribution in [-0.2, 0) is 0 Å². The monoisotopic (exact) mass is 524 g/mol. The molecule has 2 aliphatic rings. The molecule has 2 amide bonds. The SMILES string of the molecule is O=C(Nc1ccc(C2=NCCN2)cc1)c1c(F)c(F)c(C(=O)Nc2ccc(C3=NCCN3)cc2)c(F)c1F. The zero-order valence-corrected chi connectivity index (χ0v) is 19.7. The largest absolute Gasteiger partial charge is 0.368 e. The van der Waals surface area contributed by atoms with Gasteiger partial charge in [-0.05, 0) is 48.5 Å². The molecule has 0 bridgehead atoms. The Morgan fingerprint density at radius 2 is 0.947 bits per heavy atom. The van der Waals surface area contributed by atoms with E-state index in [9.17, 15) is 27.2 Å². The van der Waals surface area contributed by atoms with Gasteiger partial charge in [0, 0.05) is 35.6 Å². The first-order valence-electron chi connectivity index (χ1n) is 11.6. The predicted molar refractivity (Wildman–Crippen MR) is 134 cm³/mol. The number of carbonyl (C=O) groups is 2. The summed E-state index contributed by atoms with van der Waals surface area (Å²) >= 11 is 0. The Bertz CT molecular complexity index is 1350. The van der Waals surface area contributed by atoms with Gasteiger partial charge in [-0.3, -0.25) is 19.6 Å². The average Bonchev–Trinajstić information content (AvgIpc) is 3.64. The molecule has 2 aliphatic heterocycles. The fraction of sp³-hybridized carbons (Fsp3) is 0.154. The molecule has 4 N–H and O–H groups in total. The highest BCUT2D eigenvalue weighted by Gasteiger charge is 2.32. The summed E-state index contributed by atoms with van der Waals surface area (Å²) < 4.78 is 59.1. The molecule has 0 aromatic heterocycles. The molecule has 8 nitrogen and oxygen atoms in total. The van der Waals surface area contributed by atoms with E-state index in [0.717, 1.165) is 11.1 Å². The number of halogens is 4. The minimum Gasteiger partial charge on any atom is -0.368 e. The average molecular weight is 524 g/mol. The molecule has 0 radical (unpaired) electrons. The van der Waals surface area contributed by atoms with Crippen LogP contribution < -0.4 is 21.3 Å². The second-order valence-electron chi connectivity index (χ2n) is 8.38. The lowest BCUT2D eigenvalue weighted by Gasteiger charge is -2.13. The van der Waals surface area contributed by atoms with Crippen LogP contribution >= 0.6 is 0 Å². The maximum absolute atomic E-state index is 14.8. The van der Waals surface area contributed by atoms with Crippen molar-refractivity contribution in [2.75, 3.05) is 36.8 Å². The van der Waals surface area contributed by atoms with Crippen LogP contribution in [0, 0.1) is 23.3 Å². The molecule has 0 fully saturated rings. The van der Waals surface area contributed by atoms with Gasteiger partial charge >= 0.3 is 0 Å². The Kier molecular flexibility index (Phi) is 6.77. The summed E-state index contributed by atoms with van der Waals surface area (Å²) in [4.78, 5) is 33.6. The number of carbonyl (C=O) groups excluding carboxylic acids is 2. The van der Waals surface area contributed by atoms with E-state index in [1.165, 1.54) is 24.3 Å². The van der Waals surface area contributed by atoms with E-state index in [-0.39, 0.29) is 11.4 Å². The van der Waals surface area contributed by atoms with Crippen molar-refractivity contribution in [3.8, 4) is 0 Å². The van der Waals surface area contributed by atoms with Crippen LogP contribution in [0.3, 0.4) is 0 Å². The van der Waals surface area contributed by atoms with E-state index in [2.05, 4.69) is 31.3 Å². The standard InChI is InChI=1S/C26H20F4N6O2/c27-19-17(25(37)35-15-5-1-13(2-6-15)23-31-9-10-32-23)20(28)22(30)18(21(19)29)26(38)36-16-7-3-14(4-8-16)24-33-11-12-34-24/h1-8H,9-12H2,(H,31,32)(H,33,34)(H,35,37)(H,36,38). The molecule has 0 spiro atoms. The maximum atomic E-state index is 14.8. The van der Waals surface area contributed by atoms with Crippen LogP contribution in [0.1, 0.15) is 31.8 Å². The molecule has 0 unspecified atom stereocenters. The first-order chi connectivity index (χ1) is 18.3. The highest BCUT2D eigenvalue weighted by Crippen LogP contribution is 2.26. The molecule has 12 heteroatoms. The van der Waals surface area contributed by atoms with E-state index in [4.69, 9.17) is 0 Å². The Balaban J connectivity index is 1.34. The first-order valence-corrected chi connectivity index (χ1v) is 11.6. The number of hydrogen-bond donors (Lipinski definition) is 4. The molecule has 0 atom stereocenters. The second kappa shape index (κ2) is 10.3. The lowest BCUT2D eigenvalue weighted by atomic mass is 10.1. The Morgan fingerprint density at radius 1 is 0.605 bits per heavy atom. The van der Waals surface area contributed by atoms with Crippen molar-refractivity contribution in [3.05, 3.63) is 94.1 Å². The lowest BCUT2D eigenvalue weighted by molar-refractivity contribution is 0.0993. The summed E-state index contributed by atoms with van der Waals surface area (Å²) in [7, 11) is 0. The van der Waals surface area contributed by atoms with Crippen molar-refractivity contribution in [3.63, 3.8) is 0 Å². The minimum atomic E-state index is -1.99. The van der Waals surface area contributed by atoms with Gasteiger partial charge in [0.15, 0.2) is 23.3 Å². The number of rotatable bonds is 6. The molecule has 194 valence electrons. The Hall–Kier alpha value is -4.74. The van der Waals surface area contributed by atoms with Crippen molar-refractivity contribution < 1.29 is 27.2 Å². The number of amidine groups is 2. The van der Waals surface area contributed by atoms with Crippen LogP contribution in [0.15, 0.2) is 58.5 Å². The van der Waals surface area contributed by atoms with Crippen LogP contribution in [0.2, 0.25) is 0 Å². The Morgan fingerprint density at radius 3 is 1.24 bits per heavy atom. The molecule has 38 heavy (non-hydrogen) atoms. The van der Waals surface area contributed by atoms with Gasteiger partial charge in [-0.15, -0.1) is 0 Å². The lowest BCUT2D eigenvalue weighted by Crippen LogP contribution is -2.23. The van der Waals surface area contributed by atoms with Gasteiger partial charge in [0.05, 0.1) is 13.1 Å². The van der Waals surface area contributed by atoms with E-state index >= 15 is 0 Å². The fourth-order valence-electron chi connectivity index (χ4n) is 4.02. The summed E-state index contributed by atoms with van der Waals surface area (Å²) in [6, 6.07) is 12.2. The smallest absolute Gasteiger partial charge is 0.261 e. The fourth-order valence-corrected chi connectivity index (χ4v) is 4.02. The van der Waals surface area contributed by atoms with E-state index in [1.54, 1.807) is 24.3 Å². The molecular formula is C26H20F4N6O2. The van der Waals surface area contributed by atoms with Crippen molar-refractivity contribution in [2.45, 2.75) is 0 Å². The Labute approximate surface area is 213 Å². The number of benzene rings is 3. The van der Waals surface area contributed by atoms with Gasteiger partial charge < -0.3 is 21.3 Å². The highest BCUT2D eigenvalue weighted by atomic mass is 19.2. The number of anilines is 2. The summed E-state index contributed by atoms with van der Waals surface area (Å²) in [6.45, 7) is 2.63. The third kappa shape index (κ3) is 4.80. The van der Waals surface area contributed by atoms with Crippen molar-refractivity contribution in [2.24, 2.45) is 9.98 Å². The van der Waals surface area contributed by atoms with Gasteiger partial charge in [-0.25, -0.2) is 17.6 Å². The normalized spacial score (nSPS) is 14.3. The van der Waals surface area contributed by atoms with Gasteiger partial charge in [-0.2, -0.15) is 0 Å². The topological polar surface area (TPSA) is 107 Å². The van der Waals surface area contributed by atoms with Crippen LogP contribution in [0.4, 0.5) is 28.9 Å². The molecular weight excluding hydrogens is 504 g/mol. The summed E-state index contributed by atoms with van der Waals surface area (Å²) in [6.07, 6.45) is 0. The molecule has 0 saturated carbocycles. The predicted octanol–water partition coefficient (Wildman–Crippen LogP) is 3.45. The maximum Gasteiger partial charge on any atom is 0.261 e. The molecule has 2 heterocycles. The molecule has 5 rings (SSSR count). The second-order valence-corrected chi connectivity index (χ2v) is 8.38. The molecule has 3 aromatic carbocycles. The summed E-state index contributed by atoms with van der Waals surface area (Å²) in [5, 5.41) is 10.5. The van der Waals surface area contributed by atoms with E-state index in [0.29, 0.717) is 37.9 Å². The first kappa shape index (κ1) is 24.9. The zero-order chi connectivity index (χ0) is 26.8. The van der Waals surface area contributed by atoms with Crippen LogP contribution in [-0.4, -0.2) is 49.7 Å². The number of amides is 2. The zero-order valence-electron chi connectivity index (χ0n) is 19.7. The third-order valence-electron chi connectivity index (χ3n) is 5.90. The number of nitrogens with zero attached hydrogens (tertiary/aromatic N) is 2. The minimum absolute atomic E-state index is 0.126. The summed E-state index contributed by atoms with van der Waals surface area (Å²) in [5.41, 5.74) is -1.27. The quantitative estimate of drug-likeness (QED) is 0.293. The van der Waals surface area contributed by atoms with Crippen molar-refractivity contribution in [1.82, 2.24) is 10.6 Å². The third-order valence-corrected chi connectivity index (χ3v) is 5.90. The molecule has 0 aliphatic carbocycles. The van der Waals surface area contributed by atoms with Gasteiger partial charge in [-0.1, -0.05) is 0 Å². The number of hydrogen-bond acceptors (Lipinski definition) is 6. The van der Waals surface area contributed by atoms with Gasteiger partial charge in [0.1, 0.15) is 22.8 Å². The van der Waals surface area contributed by atoms with Crippen molar-refractivity contribution >= 4 is 34.9 Å². The van der Waals surface area contributed by atoms with E-state index in [1.807, 2.05) is 0 Å². The van der Waals surface area contributed by atoms with Crippen LogP contribution in [0.25, 0.3) is 0 Å². The van der Waals surface area contributed by atoms with E-state index < -0.39 is 46.2 Å². The molecule has 3 aromatic rings. The molecule has 0 saturated heterocycles. The van der Waals surface area contributed by atoms with Crippen molar-refractivity contribution in [1.29, 1.82) is 0 Å². The number of aliphatic imine (C=N–C) groups is 2. The highest BCUT2D eigenvalue weighted by molar-refractivity contribution is 6.08. The number of nitrogens with one attached hydrogen (secondary N) is 4. The van der Waals surface area contributed by atoms with Gasteiger partial charge in [0.25, 0.3) is 11.8 Å². The summed E-state index contributed by atoms with van der Waals surface area (Å²) in [5.74, 6) is -9.49. The van der Waals surface area contributed by atoms with Gasteiger partial charge in [0.2, 0.25) is 0 Å².